The molecule has 0 spiro atoms. The molecule has 1 aliphatic heterocycles. The number of amides is 2. The lowest BCUT2D eigenvalue weighted by Crippen LogP contribution is -2.58. The lowest BCUT2D eigenvalue weighted by molar-refractivity contribution is -0.309. The SMILES string of the molecule is O=C([O-])CC[C@@H](N=C[C@H]1C(=O)NC(=S)N(c2ccccc2)C1=O)C(=O)[O-]. The first-order chi connectivity index (χ1) is 12.3. The maximum Gasteiger partial charge on any atom is 0.251 e. The fourth-order valence-electron chi connectivity index (χ4n) is 2.24. The van der Waals surface area contributed by atoms with E-state index in [1.165, 1.54) is 0 Å². The maximum absolute atomic E-state index is 12.6. The predicted molar refractivity (Wildman–Crippen MR) is 89.7 cm³/mol. The first-order valence-electron chi connectivity index (χ1n) is 7.49. The van der Waals surface area contributed by atoms with E-state index < -0.39 is 42.1 Å². The molecule has 1 aromatic carbocycles. The summed E-state index contributed by atoms with van der Waals surface area (Å²) in [5.41, 5.74) is 0.425. The number of anilines is 1. The molecule has 0 bridgehead atoms. The summed E-state index contributed by atoms with van der Waals surface area (Å²) in [7, 11) is 0. The first kappa shape index (κ1) is 19.2. The van der Waals surface area contributed by atoms with Crippen LogP contribution in [0.2, 0.25) is 0 Å². The molecule has 0 unspecified atom stereocenters. The molecule has 10 heteroatoms. The van der Waals surface area contributed by atoms with E-state index >= 15 is 0 Å². The monoisotopic (exact) mass is 375 g/mol. The van der Waals surface area contributed by atoms with Crippen molar-refractivity contribution in [2.45, 2.75) is 18.9 Å². The summed E-state index contributed by atoms with van der Waals surface area (Å²) in [5.74, 6) is -5.94. The minimum Gasteiger partial charge on any atom is -0.550 e. The number of hydrogen-bond acceptors (Lipinski definition) is 8. The number of carboxylic acids is 2. The van der Waals surface area contributed by atoms with Gasteiger partial charge in [0, 0.05) is 12.2 Å². The topological polar surface area (TPSA) is 142 Å². The van der Waals surface area contributed by atoms with Crippen molar-refractivity contribution >= 4 is 53.0 Å². The van der Waals surface area contributed by atoms with E-state index in [1.54, 1.807) is 30.3 Å². The highest BCUT2D eigenvalue weighted by molar-refractivity contribution is 7.80. The van der Waals surface area contributed by atoms with Gasteiger partial charge in [-0.25, -0.2) is 0 Å². The quantitative estimate of drug-likeness (QED) is 0.323. The highest BCUT2D eigenvalue weighted by Crippen LogP contribution is 2.20. The van der Waals surface area contributed by atoms with E-state index in [0.29, 0.717) is 5.69 Å². The van der Waals surface area contributed by atoms with Crippen LogP contribution < -0.4 is 20.4 Å². The smallest absolute Gasteiger partial charge is 0.251 e. The van der Waals surface area contributed by atoms with Crippen LogP contribution in [0, 0.1) is 5.92 Å². The van der Waals surface area contributed by atoms with Crippen molar-refractivity contribution in [2.75, 3.05) is 4.90 Å². The summed E-state index contributed by atoms with van der Waals surface area (Å²) >= 11 is 5.02. The van der Waals surface area contributed by atoms with E-state index in [9.17, 15) is 29.4 Å². The average Bonchev–Trinajstić information content (AvgIpc) is 2.57. The van der Waals surface area contributed by atoms with E-state index in [-0.39, 0.29) is 11.5 Å². The number of hydrogen-bond donors (Lipinski definition) is 1. The van der Waals surface area contributed by atoms with Gasteiger partial charge >= 0.3 is 0 Å². The molecule has 136 valence electrons. The van der Waals surface area contributed by atoms with Gasteiger partial charge in [-0.3, -0.25) is 19.5 Å². The fourth-order valence-corrected chi connectivity index (χ4v) is 2.54. The van der Waals surface area contributed by atoms with Crippen molar-refractivity contribution in [3.63, 3.8) is 0 Å². The molecular weight excluding hydrogens is 362 g/mol. The van der Waals surface area contributed by atoms with Gasteiger partial charge in [0.2, 0.25) is 5.91 Å². The lowest BCUT2D eigenvalue weighted by atomic mass is 10.1. The van der Waals surface area contributed by atoms with Crippen LogP contribution in [0.5, 0.6) is 0 Å². The number of thiocarbonyl (C=S) groups is 1. The molecule has 1 aliphatic rings. The van der Waals surface area contributed by atoms with Gasteiger partial charge in [0.25, 0.3) is 5.91 Å². The summed E-state index contributed by atoms with van der Waals surface area (Å²) in [6, 6.07) is 6.79. The third-order valence-corrected chi connectivity index (χ3v) is 3.81. The Kier molecular flexibility index (Phi) is 6.12. The van der Waals surface area contributed by atoms with E-state index in [2.05, 4.69) is 10.3 Å². The second-order valence-electron chi connectivity index (χ2n) is 5.32. The standard InChI is InChI=1S/C16H15N3O6S/c20-12(21)7-6-11(15(24)25)17-8-10-13(22)18-16(26)19(14(10)23)9-4-2-1-3-5-9/h1-5,8,10-11H,6-7H2,(H,20,21)(H,24,25)(H,18,22,26)/p-2/t10-,11+/m0/s1. The van der Waals surface area contributed by atoms with Gasteiger partial charge in [-0.2, -0.15) is 0 Å². The molecule has 2 rings (SSSR count). The van der Waals surface area contributed by atoms with Gasteiger partial charge in [0.1, 0.15) is 0 Å². The fraction of sp³-hybridized carbons (Fsp3) is 0.250. The molecule has 1 N–H and O–H groups in total. The molecule has 0 aliphatic carbocycles. The Hall–Kier alpha value is -3.14. The third-order valence-electron chi connectivity index (χ3n) is 3.53. The van der Waals surface area contributed by atoms with Gasteiger partial charge < -0.3 is 25.1 Å². The van der Waals surface area contributed by atoms with Crippen LogP contribution in [-0.2, 0) is 19.2 Å². The minimum absolute atomic E-state index is 0.107. The summed E-state index contributed by atoms with van der Waals surface area (Å²) in [5, 5.41) is 23.7. The molecule has 2 atom stereocenters. The normalized spacial score (nSPS) is 18.7. The zero-order chi connectivity index (χ0) is 19.3. The van der Waals surface area contributed by atoms with Crippen LogP contribution in [0.3, 0.4) is 0 Å². The van der Waals surface area contributed by atoms with Crippen LogP contribution in [0.1, 0.15) is 12.8 Å². The van der Waals surface area contributed by atoms with Crippen molar-refractivity contribution in [1.29, 1.82) is 0 Å². The Morgan fingerprint density at radius 1 is 1.27 bits per heavy atom. The zero-order valence-electron chi connectivity index (χ0n) is 13.3. The summed E-state index contributed by atoms with van der Waals surface area (Å²) in [6.45, 7) is 0. The Bertz CT molecular complexity index is 779. The number of nitrogens with zero attached hydrogens (tertiary/aromatic N) is 2. The van der Waals surface area contributed by atoms with Crippen LogP contribution in [0.25, 0.3) is 0 Å². The van der Waals surface area contributed by atoms with E-state index in [4.69, 9.17) is 12.2 Å². The molecule has 1 fully saturated rings. The number of nitrogens with one attached hydrogen (secondary N) is 1. The van der Waals surface area contributed by atoms with Crippen LogP contribution in [-0.4, -0.2) is 41.1 Å². The third kappa shape index (κ3) is 4.48. The van der Waals surface area contributed by atoms with Crippen molar-refractivity contribution in [3.05, 3.63) is 30.3 Å². The highest BCUT2D eigenvalue weighted by atomic mass is 32.1. The molecule has 0 saturated carbocycles. The molecular formula is C16H13N3O6S-2. The summed E-state index contributed by atoms with van der Waals surface area (Å²) < 4.78 is 0. The molecule has 1 heterocycles. The summed E-state index contributed by atoms with van der Waals surface area (Å²) in [6.07, 6.45) is -0.0728. The van der Waals surface area contributed by atoms with Crippen LogP contribution in [0.4, 0.5) is 5.69 Å². The number of benzene rings is 1. The Balaban J connectivity index is 2.22. The largest absolute Gasteiger partial charge is 0.550 e. The number of carboxylic acid groups (broad SMARTS) is 2. The molecule has 0 radical (unpaired) electrons. The number of para-hydroxylation sites is 1. The number of carbonyl (C=O) groups excluding carboxylic acids is 4. The average molecular weight is 375 g/mol. The van der Waals surface area contributed by atoms with Gasteiger partial charge in [-0.05, 0) is 37.2 Å². The van der Waals surface area contributed by atoms with Gasteiger partial charge in [-0.15, -0.1) is 0 Å². The predicted octanol–water partition coefficient (Wildman–Crippen LogP) is -2.23. The Morgan fingerprint density at radius 2 is 1.92 bits per heavy atom. The summed E-state index contributed by atoms with van der Waals surface area (Å²) in [4.78, 5) is 50.9. The number of aliphatic imine (C=N–C) groups is 1. The zero-order valence-corrected chi connectivity index (χ0v) is 14.1. The number of aliphatic carboxylic acids is 2. The van der Waals surface area contributed by atoms with Gasteiger partial charge in [-0.1, -0.05) is 18.2 Å². The van der Waals surface area contributed by atoms with Crippen molar-refractivity contribution < 1.29 is 29.4 Å². The second kappa shape index (κ2) is 8.30. The maximum atomic E-state index is 12.6. The lowest BCUT2D eigenvalue weighted by Gasteiger charge is -2.31. The van der Waals surface area contributed by atoms with Crippen LogP contribution in [0.15, 0.2) is 35.3 Å². The van der Waals surface area contributed by atoms with Gasteiger partial charge in [0.05, 0.1) is 17.7 Å². The second-order valence-corrected chi connectivity index (χ2v) is 5.71. The van der Waals surface area contributed by atoms with Gasteiger partial charge in [0.15, 0.2) is 11.0 Å². The van der Waals surface area contributed by atoms with E-state index in [0.717, 1.165) is 11.1 Å². The molecule has 0 aromatic heterocycles. The molecule has 2 amide bonds. The Labute approximate surface area is 153 Å². The van der Waals surface area contributed by atoms with E-state index in [1.807, 2.05) is 0 Å². The minimum atomic E-state index is -1.62. The molecule has 1 saturated heterocycles. The van der Waals surface area contributed by atoms with Crippen molar-refractivity contribution in [2.24, 2.45) is 10.9 Å². The number of rotatable bonds is 7. The first-order valence-corrected chi connectivity index (χ1v) is 7.90. The molecule has 1 aromatic rings. The molecule has 26 heavy (non-hydrogen) atoms. The van der Waals surface area contributed by atoms with Crippen molar-refractivity contribution in [1.82, 2.24) is 5.32 Å². The highest BCUT2D eigenvalue weighted by Gasteiger charge is 2.38. The molecule has 9 nitrogen and oxygen atoms in total. The van der Waals surface area contributed by atoms with Crippen molar-refractivity contribution in [3.8, 4) is 0 Å². The number of carbonyl (C=O) groups is 4. The Morgan fingerprint density at radius 3 is 2.50 bits per heavy atom. The van der Waals surface area contributed by atoms with Crippen LogP contribution >= 0.6 is 12.2 Å².